The number of thiocarbonyl (C=S) groups is 1. The third-order valence-electron chi connectivity index (χ3n) is 2.70. The van der Waals surface area contributed by atoms with E-state index in [-0.39, 0.29) is 11.1 Å². The number of rotatable bonds is 4. The molecular formula is C13H15ClN6OS. The van der Waals surface area contributed by atoms with Crippen molar-refractivity contribution in [1.82, 2.24) is 25.5 Å². The van der Waals surface area contributed by atoms with Crippen LogP contribution in [0.3, 0.4) is 0 Å². The minimum atomic E-state index is -0.400. The maximum atomic E-state index is 12.1. The summed E-state index contributed by atoms with van der Waals surface area (Å²) in [5, 5.41) is 17.4. The molecule has 0 aliphatic rings. The molecule has 1 heterocycles. The number of amides is 1. The fourth-order valence-corrected chi connectivity index (χ4v) is 2.20. The highest BCUT2D eigenvalue weighted by molar-refractivity contribution is 7.80. The molecule has 0 fully saturated rings. The van der Waals surface area contributed by atoms with Crippen LogP contribution in [-0.2, 0) is 6.54 Å². The van der Waals surface area contributed by atoms with Gasteiger partial charge in [-0.05, 0) is 48.5 Å². The van der Waals surface area contributed by atoms with Crippen molar-refractivity contribution in [2.24, 2.45) is 0 Å². The molecule has 0 spiro atoms. The summed E-state index contributed by atoms with van der Waals surface area (Å²) in [4.78, 5) is 13.5. The number of benzene rings is 1. The van der Waals surface area contributed by atoms with Crippen molar-refractivity contribution in [3.05, 3.63) is 34.3 Å². The van der Waals surface area contributed by atoms with Crippen LogP contribution >= 0.6 is 23.8 Å². The summed E-state index contributed by atoms with van der Waals surface area (Å²) in [5.74, 6) is -0.169. The average Bonchev–Trinajstić information content (AvgIpc) is 2.86. The van der Waals surface area contributed by atoms with E-state index in [9.17, 15) is 4.79 Å². The predicted molar refractivity (Wildman–Crippen MR) is 88.0 cm³/mol. The van der Waals surface area contributed by atoms with Gasteiger partial charge in [0.05, 0.1) is 17.1 Å². The van der Waals surface area contributed by atoms with Gasteiger partial charge in [-0.25, -0.2) is 0 Å². The second-order valence-electron chi connectivity index (χ2n) is 4.60. The zero-order valence-electron chi connectivity index (χ0n) is 12.1. The first-order valence-electron chi connectivity index (χ1n) is 6.66. The van der Waals surface area contributed by atoms with Crippen LogP contribution in [0.25, 0.3) is 0 Å². The summed E-state index contributed by atoms with van der Waals surface area (Å²) < 4.78 is 0. The highest BCUT2D eigenvalue weighted by Gasteiger charge is 2.13. The van der Waals surface area contributed by atoms with E-state index in [1.165, 1.54) is 4.80 Å². The molecule has 7 nitrogen and oxygen atoms in total. The molecule has 22 heavy (non-hydrogen) atoms. The largest absolute Gasteiger partial charge is 0.299 e. The molecule has 116 valence electrons. The van der Waals surface area contributed by atoms with Gasteiger partial charge in [-0.3, -0.25) is 15.4 Å². The van der Waals surface area contributed by atoms with Crippen LogP contribution in [0.15, 0.2) is 18.2 Å². The third-order valence-corrected chi connectivity index (χ3v) is 3.21. The van der Waals surface area contributed by atoms with Crippen LogP contribution in [-0.4, -0.2) is 31.2 Å². The first-order valence-corrected chi connectivity index (χ1v) is 7.44. The quantitative estimate of drug-likeness (QED) is 0.831. The summed E-state index contributed by atoms with van der Waals surface area (Å²) >= 11 is 11.1. The maximum Gasteiger partial charge on any atom is 0.269 e. The van der Waals surface area contributed by atoms with Gasteiger partial charge in [-0.15, -0.1) is 5.10 Å². The first kappa shape index (κ1) is 16.3. The summed E-state index contributed by atoms with van der Waals surface area (Å²) in [6, 6.07) is 5.16. The lowest BCUT2D eigenvalue weighted by Crippen LogP contribution is -2.34. The molecule has 2 N–H and O–H groups in total. The number of hydrogen-bond acceptors (Lipinski definition) is 5. The zero-order chi connectivity index (χ0) is 16.1. The van der Waals surface area contributed by atoms with Gasteiger partial charge in [-0.2, -0.15) is 4.80 Å². The molecule has 1 aromatic heterocycles. The lowest BCUT2D eigenvalue weighted by Gasteiger charge is -2.08. The fraction of sp³-hybridized carbons (Fsp3) is 0.308. The van der Waals surface area contributed by atoms with Gasteiger partial charge in [0.15, 0.2) is 5.11 Å². The number of aryl methyl sites for hydroxylation is 2. The van der Waals surface area contributed by atoms with Crippen LogP contribution in [0.1, 0.15) is 29.3 Å². The maximum absolute atomic E-state index is 12.1. The molecule has 0 saturated carbocycles. The lowest BCUT2D eigenvalue weighted by atomic mass is 10.1. The van der Waals surface area contributed by atoms with E-state index >= 15 is 0 Å². The molecule has 0 saturated heterocycles. The van der Waals surface area contributed by atoms with E-state index in [1.807, 2.05) is 13.8 Å². The Kier molecular flexibility index (Phi) is 5.40. The van der Waals surface area contributed by atoms with Crippen LogP contribution < -0.4 is 10.6 Å². The summed E-state index contributed by atoms with van der Waals surface area (Å²) in [7, 11) is 0. The zero-order valence-corrected chi connectivity index (χ0v) is 13.7. The number of nitrogens with zero attached hydrogens (tertiary/aromatic N) is 4. The van der Waals surface area contributed by atoms with Gasteiger partial charge in [-0.1, -0.05) is 29.7 Å². The molecule has 2 aromatic rings. The minimum Gasteiger partial charge on any atom is -0.299 e. The Morgan fingerprint density at radius 1 is 1.45 bits per heavy atom. The predicted octanol–water partition coefficient (Wildman–Crippen LogP) is 2.17. The normalized spacial score (nSPS) is 10.3. The van der Waals surface area contributed by atoms with Gasteiger partial charge in [0.1, 0.15) is 0 Å². The van der Waals surface area contributed by atoms with Crippen LogP contribution in [0, 0.1) is 6.92 Å². The Bertz CT molecular complexity index is 702. The number of tetrazole rings is 1. The average molecular weight is 339 g/mol. The topological polar surface area (TPSA) is 84.7 Å². The minimum absolute atomic E-state index is 0.0812. The monoisotopic (exact) mass is 338 g/mol. The van der Waals surface area contributed by atoms with Crippen LogP contribution in [0.5, 0.6) is 0 Å². The SMILES string of the molecule is CCCn1nnc(NC(=S)NC(=O)c2ccc(C)cc2Cl)n1. The molecule has 0 radical (unpaired) electrons. The van der Waals surface area contributed by atoms with Crippen molar-refractivity contribution in [3.63, 3.8) is 0 Å². The summed E-state index contributed by atoms with van der Waals surface area (Å²) in [6.07, 6.45) is 0.892. The highest BCUT2D eigenvalue weighted by Crippen LogP contribution is 2.17. The van der Waals surface area contributed by atoms with Crippen molar-refractivity contribution < 1.29 is 4.79 Å². The first-order chi connectivity index (χ1) is 10.5. The van der Waals surface area contributed by atoms with E-state index in [4.69, 9.17) is 23.8 Å². The summed E-state index contributed by atoms with van der Waals surface area (Å²) in [5.41, 5.74) is 1.32. The van der Waals surface area contributed by atoms with Crippen molar-refractivity contribution >= 4 is 40.8 Å². The molecule has 2 rings (SSSR count). The smallest absolute Gasteiger partial charge is 0.269 e. The van der Waals surface area contributed by atoms with Gasteiger partial charge < -0.3 is 0 Å². The highest BCUT2D eigenvalue weighted by atomic mass is 35.5. The Balaban J connectivity index is 1.97. The Hall–Kier alpha value is -2.06. The number of hydrogen-bond donors (Lipinski definition) is 2. The molecule has 0 aliphatic heterocycles. The molecule has 1 aromatic carbocycles. The van der Waals surface area contributed by atoms with Crippen LogP contribution in [0.4, 0.5) is 5.95 Å². The number of carbonyl (C=O) groups is 1. The number of anilines is 1. The lowest BCUT2D eigenvalue weighted by molar-refractivity contribution is 0.0978. The number of nitrogens with one attached hydrogen (secondary N) is 2. The van der Waals surface area contributed by atoms with Gasteiger partial charge in [0.2, 0.25) is 0 Å². The standard InChI is InChI=1S/C13H15ClN6OS/c1-3-6-20-18-12(17-19-20)16-13(22)15-11(21)9-5-4-8(2)7-10(9)14/h4-5,7H,3,6H2,1-2H3,(H2,15,16,18,21,22). The van der Waals surface area contributed by atoms with Crippen LogP contribution in [0.2, 0.25) is 5.02 Å². The molecular weight excluding hydrogens is 324 g/mol. The molecule has 0 atom stereocenters. The van der Waals surface area contributed by atoms with Crippen molar-refractivity contribution in [2.75, 3.05) is 5.32 Å². The fourth-order valence-electron chi connectivity index (χ4n) is 1.70. The third kappa shape index (κ3) is 4.22. The molecule has 0 aliphatic carbocycles. The second kappa shape index (κ2) is 7.28. The molecule has 9 heteroatoms. The second-order valence-corrected chi connectivity index (χ2v) is 5.42. The van der Waals surface area contributed by atoms with Crippen molar-refractivity contribution in [1.29, 1.82) is 0 Å². The van der Waals surface area contributed by atoms with Crippen molar-refractivity contribution in [3.8, 4) is 0 Å². The number of halogens is 1. The number of carbonyl (C=O) groups excluding carboxylic acids is 1. The van der Waals surface area contributed by atoms with E-state index in [0.717, 1.165) is 12.0 Å². The van der Waals surface area contributed by atoms with Gasteiger partial charge in [0.25, 0.3) is 11.9 Å². The number of aromatic nitrogens is 4. The van der Waals surface area contributed by atoms with E-state index < -0.39 is 5.91 Å². The van der Waals surface area contributed by atoms with E-state index in [1.54, 1.807) is 18.2 Å². The van der Waals surface area contributed by atoms with E-state index in [2.05, 4.69) is 26.0 Å². The molecule has 0 bridgehead atoms. The van der Waals surface area contributed by atoms with Gasteiger partial charge in [0, 0.05) is 0 Å². The summed E-state index contributed by atoms with van der Waals surface area (Å²) in [6.45, 7) is 4.56. The Morgan fingerprint density at radius 2 is 2.23 bits per heavy atom. The Morgan fingerprint density at radius 3 is 2.91 bits per heavy atom. The van der Waals surface area contributed by atoms with Crippen molar-refractivity contribution in [2.45, 2.75) is 26.8 Å². The van der Waals surface area contributed by atoms with E-state index in [0.29, 0.717) is 17.1 Å². The van der Waals surface area contributed by atoms with Gasteiger partial charge >= 0.3 is 0 Å². The molecule has 0 unspecified atom stereocenters. The Labute approximate surface area is 138 Å². The molecule has 1 amide bonds.